The number of hydrogen-bond donors (Lipinski definition) is 0. The van der Waals surface area contributed by atoms with Gasteiger partial charge in [-0.25, -0.2) is 4.48 Å². The molecule has 1 amide bonds. The van der Waals surface area contributed by atoms with Crippen LogP contribution in [0.1, 0.15) is 27.2 Å². The van der Waals surface area contributed by atoms with Gasteiger partial charge in [0.2, 0.25) is 0 Å². The summed E-state index contributed by atoms with van der Waals surface area (Å²) in [6.45, 7) is 7.34. The van der Waals surface area contributed by atoms with Crippen LogP contribution in [0.4, 0.5) is 4.79 Å². The second-order valence-corrected chi connectivity index (χ2v) is 5.64. The molecule has 84 valence electrons. The molecule has 2 aliphatic heterocycles. The van der Waals surface area contributed by atoms with Gasteiger partial charge >= 0.3 is 6.09 Å². The van der Waals surface area contributed by atoms with Crippen LogP contribution in [0.15, 0.2) is 0 Å². The fourth-order valence-electron chi connectivity index (χ4n) is 2.43. The number of rotatable bonds is 0. The van der Waals surface area contributed by atoms with E-state index in [1.807, 2.05) is 20.8 Å². The molecule has 2 aliphatic rings. The normalized spacial score (nSPS) is 34.6. The van der Waals surface area contributed by atoms with Crippen molar-refractivity contribution in [1.82, 2.24) is 0 Å². The van der Waals surface area contributed by atoms with Gasteiger partial charge in [0.1, 0.15) is 12.1 Å². The quantitative estimate of drug-likeness (QED) is 0.569. The highest BCUT2D eigenvalue weighted by atomic mass is 16.6. The van der Waals surface area contributed by atoms with Gasteiger partial charge in [-0.1, -0.05) is 0 Å². The summed E-state index contributed by atoms with van der Waals surface area (Å²) in [5, 5.41) is 0. The number of nitrogens with zero attached hydrogens (tertiary/aromatic N) is 1. The summed E-state index contributed by atoms with van der Waals surface area (Å²) >= 11 is 0. The zero-order chi connectivity index (χ0) is 11.3. The smallest absolute Gasteiger partial charge is 0.414 e. The number of ketones is 1. The molecule has 2 heterocycles. The van der Waals surface area contributed by atoms with Gasteiger partial charge in [0.15, 0.2) is 5.78 Å². The SMILES string of the molecule is CC(C)(C)OC(=O)[N@@+]12CC[C@H](C1)C(=O)C2. The van der Waals surface area contributed by atoms with E-state index in [9.17, 15) is 9.59 Å². The average molecular weight is 212 g/mol. The van der Waals surface area contributed by atoms with Crippen LogP contribution in [0.25, 0.3) is 0 Å². The molecule has 2 atom stereocenters. The lowest BCUT2D eigenvalue weighted by Gasteiger charge is -2.30. The van der Waals surface area contributed by atoms with Gasteiger partial charge in [0.05, 0.1) is 19.0 Å². The molecule has 0 aromatic heterocycles. The molecule has 0 aromatic rings. The maximum atomic E-state index is 12.0. The maximum Gasteiger partial charge on any atom is 0.516 e. The van der Waals surface area contributed by atoms with Gasteiger partial charge in [-0.05, 0) is 20.8 Å². The predicted molar refractivity (Wildman–Crippen MR) is 54.2 cm³/mol. The van der Waals surface area contributed by atoms with E-state index in [4.69, 9.17) is 4.74 Å². The molecule has 0 saturated carbocycles. The molecular weight excluding hydrogens is 194 g/mol. The van der Waals surface area contributed by atoms with Gasteiger partial charge in [-0.3, -0.25) is 4.79 Å². The van der Waals surface area contributed by atoms with E-state index < -0.39 is 5.60 Å². The zero-order valence-corrected chi connectivity index (χ0v) is 9.58. The van der Waals surface area contributed by atoms with Gasteiger partial charge < -0.3 is 4.74 Å². The third-order valence-electron chi connectivity index (χ3n) is 3.17. The molecule has 0 unspecified atom stereocenters. The van der Waals surface area contributed by atoms with Gasteiger partial charge in [0.25, 0.3) is 0 Å². The minimum Gasteiger partial charge on any atom is -0.414 e. The summed E-state index contributed by atoms with van der Waals surface area (Å²) in [4.78, 5) is 23.5. The largest absolute Gasteiger partial charge is 0.516 e. The summed E-state index contributed by atoms with van der Waals surface area (Å²) in [6, 6.07) is 0. The standard InChI is InChI=1S/C11H18NO3/c1-11(2,3)15-10(14)12-5-4-8(6-12)9(13)7-12/h8H,4-7H2,1-3H3/q+1/t8-,12+/m1/s1. The number of amides is 1. The molecule has 0 N–H and O–H groups in total. The Morgan fingerprint density at radius 2 is 2.13 bits per heavy atom. The van der Waals surface area contributed by atoms with E-state index in [1.54, 1.807) is 0 Å². The summed E-state index contributed by atoms with van der Waals surface area (Å²) in [5.41, 5.74) is -0.464. The fraction of sp³-hybridized carbons (Fsp3) is 0.818. The Hall–Kier alpha value is -0.900. The second-order valence-electron chi connectivity index (χ2n) is 5.64. The van der Waals surface area contributed by atoms with E-state index >= 15 is 0 Å². The van der Waals surface area contributed by atoms with Crippen molar-refractivity contribution in [3.63, 3.8) is 0 Å². The number of ether oxygens (including phenoxy) is 1. The first-order chi connectivity index (χ1) is 6.82. The lowest BCUT2D eigenvalue weighted by molar-refractivity contribution is -0.832. The Morgan fingerprint density at radius 3 is 2.53 bits per heavy atom. The van der Waals surface area contributed by atoms with E-state index in [1.165, 1.54) is 0 Å². The molecule has 0 radical (unpaired) electrons. The number of carbonyl (C=O) groups excluding carboxylic acids is 2. The van der Waals surface area contributed by atoms with Crippen LogP contribution in [0, 0.1) is 5.92 Å². The van der Waals surface area contributed by atoms with Crippen LogP contribution in [-0.2, 0) is 9.53 Å². The van der Waals surface area contributed by atoms with Crippen molar-refractivity contribution in [2.24, 2.45) is 5.92 Å². The van der Waals surface area contributed by atoms with Crippen molar-refractivity contribution in [2.45, 2.75) is 32.8 Å². The van der Waals surface area contributed by atoms with Crippen LogP contribution in [-0.4, -0.2) is 41.6 Å². The van der Waals surface area contributed by atoms with Crippen molar-refractivity contribution in [3.05, 3.63) is 0 Å². The van der Waals surface area contributed by atoms with Gasteiger partial charge in [-0.2, -0.15) is 4.79 Å². The minimum atomic E-state index is -0.464. The monoisotopic (exact) mass is 212 g/mol. The molecule has 4 heteroatoms. The highest BCUT2D eigenvalue weighted by Gasteiger charge is 2.57. The topological polar surface area (TPSA) is 43.4 Å². The molecule has 0 spiro atoms. The Balaban J connectivity index is 2.11. The molecule has 0 aromatic carbocycles. The first-order valence-electron chi connectivity index (χ1n) is 5.45. The van der Waals surface area contributed by atoms with Crippen molar-refractivity contribution in [3.8, 4) is 0 Å². The summed E-state index contributed by atoms with van der Waals surface area (Å²) in [5.74, 6) is 0.338. The molecule has 15 heavy (non-hydrogen) atoms. The number of quaternary nitrogens is 1. The van der Waals surface area contributed by atoms with E-state index in [-0.39, 0.29) is 22.3 Å². The molecule has 4 nitrogen and oxygen atoms in total. The minimum absolute atomic E-state index is 0.109. The number of Topliss-reactive ketones (excluding diaryl/α,β-unsaturated/α-hetero) is 1. The summed E-state index contributed by atoms with van der Waals surface area (Å²) in [6.07, 6.45) is 0.619. The van der Waals surface area contributed by atoms with Crippen LogP contribution in [0.3, 0.4) is 0 Å². The first-order valence-corrected chi connectivity index (χ1v) is 5.45. The van der Waals surface area contributed by atoms with Gasteiger partial charge in [0, 0.05) is 6.42 Å². The number of carbonyl (C=O) groups is 2. The summed E-state index contributed by atoms with van der Waals surface area (Å²) < 4.78 is 5.61. The Morgan fingerprint density at radius 1 is 1.47 bits per heavy atom. The molecule has 2 bridgehead atoms. The van der Waals surface area contributed by atoms with Crippen molar-refractivity contribution in [2.75, 3.05) is 19.6 Å². The lowest BCUT2D eigenvalue weighted by atomic mass is 10.1. The molecule has 2 rings (SSSR count). The molecule has 0 aliphatic carbocycles. The number of fused-ring (bicyclic) bond motifs is 2. The second kappa shape index (κ2) is 3.04. The van der Waals surface area contributed by atoms with Crippen molar-refractivity contribution < 1.29 is 18.8 Å². The van der Waals surface area contributed by atoms with E-state index in [0.717, 1.165) is 13.0 Å². The van der Waals surface area contributed by atoms with Crippen LogP contribution >= 0.6 is 0 Å². The Bertz CT molecular complexity index is 318. The third kappa shape index (κ3) is 1.78. The number of hydrogen-bond acceptors (Lipinski definition) is 3. The van der Waals surface area contributed by atoms with Crippen LogP contribution < -0.4 is 0 Å². The lowest BCUT2D eigenvalue weighted by Crippen LogP contribution is -2.52. The highest BCUT2D eigenvalue weighted by Crippen LogP contribution is 2.34. The molecular formula is C11H18NO3+. The van der Waals surface area contributed by atoms with Crippen molar-refractivity contribution in [1.29, 1.82) is 0 Å². The van der Waals surface area contributed by atoms with Crippen LogP contribution in [0.5, 0.6) is 0 Å². The summed E-state index contributed by atoms with van der Waals surface area (Å²) in [7, 11) is 0. The zero-order valence-electron chi connectivity index (χ0n) is 9.58. The highest BCUT2D eigenvalue weighted by molar-refractivity contribution is 5.86. The van der Waals surface area contributed by atoms with Gasteiger partial charge in [-0.15, -0.1) is 0 Å². The van der Waals surface area contributed by atoms with E-state index in [2.05, 4.69) is 0 Å². The average Bonchev–Trinajstić information content (AvgIpc) is 2.58. The Kier molecular flexibility index (Phi) is 2.15. The van der Waals surface area contributed by atoms with Crippen molar-refractivity contribution >= 4 is 11.9 Å². The van der Waals surface area contributed by atoms with E-state index in [0.29, 0.717) is 13.1 Å². The first kappa shape index (κ1) is 10.6. The molecule has 2 fully saturated rings. The number of piperidine rings is 1. The predicted octanol–water partition coefficient (Wildman–Crippen LogP) is 1.34. The van der Waals surface area contributed by atoms with Crippen LogP contribution in [0.2, 0.25) is 0 Å². The third-order valence-corrected chi connectivity index (χ3v) is 3.17. The maximum absolute atomic E-state index is 12.0. The molecule has 2 saturated heterocycles. The fourth-order valence-corrected chi connectivity index (χ4v) is 2.43. The Labute approximate surface area is 89.8 Å².